The minimum atomic E-state index is -1.69. The smallest absolute Gasteiger partial charge is 0.329 e. The van der Waals surface area contributed by atoms with Gasteiger partial charge >= 0.3 is 5.97 Å². The van der Waals surface area contributed by atoms with Gasteiger partial charge < -0.3 is 9.64 Å². The highest BCUT2D eigenvalue weighted by Gasteiger charge is 2.56. The van der Waals surface area contributed by atoms with Crippen molar-refractivity contribution >= 4 is 23.3 Å². The minimum Gasteiger partial charge on any atom is -0.465 e. The zero-order valence-corrected chi connectivity index (χ0v) is 12.3. The molecule has 0 N–H and O–H groups in total. The molecular formula is C16H19NO4. The monoisotopic (exact) mass is 289 g/mol. The third kappa shape index (κ3) is 2.44. The minimum absolute atomic E-state index is 0.118. The summed E-state index contributed by atoms with van der Waals surface area (Å²) in [6, 6.07) is 9.06. The molecule has 1 fully saturated rings. The van der Waals surface area contributed by atoms with E-state index in [0.29, 0.717) is 12.2 Å². The average molecular weight is 289 g/mol. The quantitative estimate of drug-likeness (QED) is 0.628. The summed E-state index contributed by atoms with van der Waals surface area (Å²) in [5, 5.41) is 0. The number of para-hydroxylation sites is 1. The van der Waals surface area contributed by atoms with Crippen molar-refractivity contribution in [2.45, 2.75) is 26.7 Å². The lowest BCUT2D eigenvalue weighted by molar-refractivity contribution is -0.165. The van der Waals surface area contributed by atoms with Crippen molar-refractivity contribution in [1.29, 1.82) is 0 Å². The summed E-state index contributed by atoms with van der Waals surface area (Å²) in [4.78, 5) is 38.9. The Hall–Kier alpha value is -2.17. The molecule has 0 bridgehead atoms. The Bertz CT molecular complexity index is 555. The van der Waals surface area contributed by atoms with Crippen molar-refractivity contribution in [3.05, 3.63) is 30.3 Å². The molecule has 0 spiro atoms. The Morgan fingerprint density at radius 1 is 1.24 bits per heavy atom. The largest absolute Gasteiger partial charge is 0.465 e. The molecule has 1 aromatic rings. The molecule has 2 rings (SSSR count). The topological polar surface area (TPSA) is 63.7 Å². The molecule has 0 aromatic heterocycles. The second kappa shape index (κ2) is 6.08. The van der Waals surface area contributed by atoms with E-state index in [2.05, 4.69) is 0 Å². The Kier molecular flexibility index (Phi) is 4.40. The van der Waals surface area contributed by atoms with E-state index in [-0.39, 0.29) is 25.2 Å². The van der Waals surface area contributed by atoms with Gasteiger partial charge in [-0.3, -0.25) is 14.4 Å². The fourth-order valence-corrected chi connectivity index (χ4v) is 2.68. The molecule has 0 radical (unpaired) electrons. The number of amides is 1. The second-order valence-electron chi connectivity index (χ2n) is 4.94. The van der Waals surface area contributed by atoms with Crippen molar-refractivity contribution < 1.29 is 19.1 Å². The molecule has 1 aliphatic heterocycles. The van der Waals surface area contributed by atoms with Gasteiger partial charge in [0, 0.05) is 18.7 Å². The number of ketones is 1. The van der Waals surface area contributed by atoms with Gasteiger partial charge in [-0.15, -0.1) is 0 Å². The maximum atomic E-state index is 12.8. The molecule has 1 aromatic carbocycles. The van der Waals surface area contributed by atoms with Crippen LogP contribution in [0, 0.1) is 5.41 Å². The van der Waals surface area contributed by atoms with Crippen molar-refractivity contribution in [3.63, 3.8) is 0 Å². The van der Waals surface area contributed by atoms with Crippen molar-refractivity contribution in [3.8, 4) is 0 Å². The summed E-state index contributed by atoms with van der Waals surface area (Å²) in [6.07, 6.45) is 0.278. The van der Waals surface area contributed by atoms with Crippen molar-refractivity contribution in [1.82, 2.24) is 0 Å². The van der Waals surface area contributed by atoms with Crippen LogP contribution in [0.5, 0.6) is 0 Å². The lowest BCUT2D eigenvalue weighted by Crippen LogP contribution is -2.58. The number of benzene rings is 1. The van der Waals surface area contributed by atoms with Gasteiger partial charge in [0.1, 0.15) is 0 Å². The number of Topliss-reactive ketones (excluding diaryl/α,β-unsaturated/α-hetero) is 1. The van der Waals surface area contributed by atoms with Gasteiger partial charge in [-0.2, -0.15) is 0 Å². The predicted octanol–water partition coefficient (Wildman–Crippen LogP) is 1.95. The molecule has 1 amide bonds. The van der Waals surface area contributed by atoms with Crippen LogP contribution in [0.25, 0.3) is 0 Å². The maximum absolute atomic E-state index is 12.8. The van der Waals surface area contributed by atoms with Gasteiger partial charge in [-0.25, -0.2) is 0 Å². The third-order valence-corrected chi connectivity index (χ3v) is 3.87. The summed E-state index contributed by atoms with van der Waals surface area (Å²) in [6.45, 7) is 3.77. The molecule has 1 aliphatic rings. The fraction of sp³-hybridized carbons (Fsp3) is 0.438. The van der Waals surface area contributed by atoms with E-state index in [1.165, 1.54) is 4.90 Å². The van der Waals surface area contributed by atoms with E-state index < -0.39 is 17.3 Å². The van der Waals surface area contributed by atoms with E-state index in [0.717, 1.165) is 0 Å². The number of hydrogen-bond donors (Lipinski definition) is 0. The molecule has 0 saturated carbocycles. The molecule has 5 nitrogen and oxygen atoms in total. The normalized spacial score (nSPS) is 22.3. The zero-order chi connectivity index (χ0) is 15.5. The van der Waals surface area contributed by atoms with Crippen LogP contribution >= 0.6 is 0 Å². The van der Waals surface area contributed by atoms with Crippen LogP contribution in [-0.2, 0) is 19.1 Å². The highest BCUT2D eigenvalue weighted by Crippen LogP contribution is 2.35. The van der Waals surface area contributed by atoms with Crippen LogP contribution in [0.4, 0.5) is 5.69 Å². The number of hydrogen-bond acceptors (Lipinski definition) is 4. The molecule has 5 heteroatoms. The first-order chi connectivity index (χ1) is 10.1. The molecule has 112 valence electrons. The highest BCUT2D eigenvalue weighted by atomic mass is 16.5. The summed E-state index contributed by atoms with van der Waals surface area (Å²) >= 11 is 0. The van der Waals surface area contributed by atoms with Gasteiger partial charge in [0.25, 0.3) is 5.91 Å². The SMILES string of the molecule is CCOC(=O)C1(CC)C(=O)CCN(c2ccccc2)C1=O. The van der Waals surface area contributed by atoms with Gasteiger partial charge in [0.15, 0.2) is 5.78 Å². The van der Waals surface area contributed by atoms with Gasteiger partial charge in [0.05, 0.1) is 6.61 Å². The van der Waals surface area contributed by atoms with Crippen LogP contribution < -0.4 is 4.90 Å². The fourth-order valence-electron chi connectivity index (χ4n) is 2.68. The maximum Gasteiger partial charge on any atom is 0.329 e. The van der Waals surface area contributed by atoms with Crippen molar-refractivity contribution in [2.75, 3.05) is 18.1 Å². The molecule has 21 heavy (non-hydrogen) atoms. The summed E-state index contributed by atoms with van der Waals surface area (Å²) in [5.41, 5.74) is -0.999. The molecular weight excluding hydrogens is 270 g/mol. The van der Waals surface area contributed by atoms with Crippen LogP contribution in [0.3, 0.4) is 0 Å². The summed E-state index contributed by atoms with van der Waals surface area (Å²) < 4.78 is 4.99. The molecule has 1 heterocycles. The molecule has 1 unspecified atom stereocenters. The van der Waals surface area contributed by atoms with Crippen molar-refractivity contribution in [2.24, 2.45) is 5.41 Å². The highest BCUT2D eigenvalue weighted by molar-refractivity contribution is 6.27. The first-order valence-electron chi connectivity index (χ1n) is 7.15. The number of carbonyl (C=O) groups excluding carboxylic acids is 3. The lowest BCUT2D eigenvalue weighted by Gasteiger charge is -2.38. The first-order valence-corrected chi connectivity index (χ1v) is 7.15. The summed E-state index contributed by atoms with van der Waals surface area (Å²) in [7, 11) is 0. The number of esters is 1. The van der Waals surface area contributed by atoms with E-state index in [1.807, 2.05) is 18.2 Å². The Balaban J connectivity index is 2.42. The van der Waals surface area contributed by atoms with E-state index in [1.54, 1.807) is 26.0 Å². The average Bonchev–Trinajstić information content (AvgIpc) is 2.49. The zero-order valence-electron chi connectivity index (χ0n) is 12.3. The van der Waals surface area contributed by atoms with Gasteiger partial charge in [0.2, 0.25) is 5.41 Å². The molecule has 1 saturated heterocycles. The number of ether oxygens (including phenoxy) is 1. The number of nitrogens with zero attached hydrogens (tertiary/aromatic N) is 1. The lowest BCUT2D eigenvalue weighted by atomic mass is 9.75. The van der Waals surface area contributed by atoms with Gasteiger partial charge in [-0.05, 0) is 25.5 Å². The van der Waals surface area contributed by atoms with Crippen LogP contribution in [0.2, 0.25) is 0 Å². The first kappa shape index (κ1) is 15.2. The number of rotatable bonds is 4. The van der Waals surface area contributed by atoms with Gasteiger partial charge in [-0.1, -0.05) is 25.1 Å². The number of anilines is 1. The number of piperidine rings is 1. The standard InChI is InChI=1S/C16H19NO4/c1-3-16(15(20)21-4-2)13(18)10-11-17(14(16)19)12-8-6-5-7-9-12/h5-9H,3-4,10-11H2,1-2H3. The molecule has 0 aliphatic carbocycles. The second-order valence-corrected chi connectivity index (χ2v) is 4.94. The number of carbonyl (C=O) groups is 3. The molecule has 1 atom stereocenters. The third-order valence-electron chi connectivity index (χ3n) is 3.87. The predicted molar refractivity (Wildman–Crippen MR) is 77.8 cm³/mol. The van der Waals surface area contributed by atoms with E-state index in [9.17, 15) is 14.4 Å². The Labute approximate surface area is 123 Å². The summed E-state index contributed by atoms with van der Waals surface area (Å²) in [5.74, 6) is -1.56. The Morgan fingerprint density at radius 3 is 2.48 bits per heavy atom. The van der Waals surface area contributed by atoms with Crippen LogP contribution in [0.1, 0.15) is 26.7 Å². The van der Waals surface area contributed by atoms with Crippen LogP contribution in [-0.4, -0.2) is 30.8 Å². The van der Waals surface area contributed by atoms with E-state index in [4.69, 9.17) is 4.74 Å². The Morgan fingerprint density at radius 2 is 1.90 bits per heavy atom. The van der Waals surface area contributed by atoms with E-state index >= 15 is 0 Å². The van der Waals surface area contributed by atoms with Crippen LogP contribution in [0.15, 0.2) is 30.3 Å².